The number of rotatable bonds is 3. The number of aromatic nitrogens is 1. The molecule has 0 amide bonds. The second kappa shape index (κ2) is 4.77. The molecule has 1 aromatic heterocycles. The van der Waals surface area contributed by atoms with E-state index in [9.17, 15) is 18.0 Å². The lowest BCUT2D eigenvalue weighted by Crippen LogP contribution is -2.08. The molecule has 0 fully saturated rings. The molecule has 0 aliphatic rings. The maximum absolute atomic E-state index is 12.9. The van der Waals surface area contributed by atoms with Crippen molar-refractivity contribution in [1.29, 1.82) is 0 Å². The van der Waals surface area contributed by atoms with Gasteiger partial charge in [-0.15, -0.1) is 0 Å². The maximum atomic E-state index is 12.9. The first-order valence-electron chi connectivity index (χ1n) is 3.76. The number of halogens is 4. The first kappa shape index (κ1) is 12.2. The summed E-state index contributed by atoms with van der Waals surface area (Å²) in [5, 5.41) is 8.45. The van der Waals surface area contributed by atoms with Crippen LogP contribution in [-0.2, 0) is 11.2 Å². The van der Waals surface area contributed by atoms with Crippen LogP contribution in [0.3, 0.4) is 0 Å². The maximum Gasteiger partial charge on any atom is 0.309 e. The van der Waals surface area contributed by atoms with Crippen LogP contribution >= 0.6 is 22.6 Å². The Kier molecular flexibility index (Phi) is 3.89. The number of hydrogen-bond acceptors (Lipinski definition) is 2. The molecule has 15 heavy (non-hydrogen) atoms. The standard InChI is InChI=1S/C8H5F3INO2/c9-7(10)3-1-4(12)5(2-6(14)15)13-8(3)11/h1,7H,2H2,(H,14,15). The van der Waals surface area contributed by atoms with Crippen molar-refractivity contribution in [2.45, 2.75) is 12.8 Å². The van der Waals surface area contributed by atoms with Gasteiger partial charge < -0.3 is 5.11 Å². The van der Waals surface area contributed by atoms with E-state index >= 15 is 0 Å². The molecule has 0 radical (unpaired) electrons. The van der Waals surface area contributed by atoms with Crippen LogP contribution in [-0.4, -0.2) is 16.1 Å². The van der Waals surface area contributed by atoms with Crippen LogP contribution in [0.5, 0.6) is 0 Å². The van der Waals surface area contributed by atoms with Crippen molar-refractivity contribution in [3.8, 4) is 0 Å². The van der Waals surface area contributed by atoms with E-state index in [2.05, 4.69) is 4.98 Å². The van der Waals surface area contributed by atoms with Gasteiger partial charge in [0.05, 0.1) is 17.7 Å². The van der Waals surface area contributed by atoms with Gasteiger partial charge in [0.1, 0.15) is 0 Å². The molecule has 1 heterocycles. The summed E-state index contributed by atoms with van der Waals surface area (Å²) in [6, 6.07) is 0.909. The van der Waals surface area contributed by atoms with E-state index in [-0.39, 0.29) is 9.26 Å². The molecule has 0 aliphatic carbocycles. The number of carbonyl (C=O) groups is 1. The third-order valence-corrected chi connectivity index (χ3v) is 2.52. The molecular weight excluding hydrogens is 326 g/mol. The smallest absolute Gasteiger partial charge is 0.309 e. The van der Waals surface area contributed by atoms with Gasteiger partial charge in [0.2, 0.25) is 5.95 Å². The third-order valence-electron chi connectivity index (χ3n) is 1.58. The van der Waals surface area contributed by atoms with Crippen LogP contribution in [0.25, 0.3) is 0 Å². The molecule has 3 nitrogen and oxygen atoms in total. The van der Waals surface area contributed by atoms with Gasteiger partial charge in [0.15, 0.2) is 0 Å². The van der Waals surface area contributed by atoms with Gasteiger partial charge in [-0.25, -0.2) is 13.8 Å². The van der Waals surface area contributed by atoms with Crippen molar-refractivity contribution in [3.05, 3.63) is 26.8 Å². The molecule has 82 valence electrons. The molecular formula is C8H5F3INO2. The normalized spacial score (nSPS) is 10.7. The number of carboxylic acids is 1. The summed E-state index contributed by atoms with van der Waals surface area (Å²) in [6.07, 6.45) is -3.44. The highest BCUT2D eigenvalue weighted by atomic mass is 127. The van der Waals surface area contributed by atoms with Crippen molar-refractivity contribution in [2.75, 3.05) is 0 Å². The van der Waals surface area contributed by atoms with Gasteiger partial charge in [0.25, 0.3) is 6.43 Å². The molecule has 0 spiro atoms. The van der Waals surface area contributed by atoms with E-state index in [0.717, 1.165) is 6.07 Å². The number of pyridine rings is 1. The summed E-state index contributed by atoms with van der Waals surface area (Å²) in [5.41, 5.74) is -0.862. The van der Waals surface area contributed by atoms with E-state index in [1.54, 1.807) is 22.6 Å². The topological polar surface area (TPSA) is 50.2 Å². The van der Waals surface area contributed by atoms with Gasteiger partial charge in [-0.3, -0.25) is 4.79 Å². The SMILES string of the molecule is O=C(O)Cc1nc(F)c(C(F)F)cc1I. The number of nitrogens with zero attached hydrogens (tertiary/aromatic N) is 1. The molecule has 0 unspecified atom stereocenters. The summed E-state index contributed by atoms with van der Waals surface area (Å²) in [5.74, 6) is -2.51. The number of aliphatic carboxylic acids is 1. The lowest BCUT2D eigenvalue weighted by Gasteiger charge is -2.05. The molecule has 1 N–H and O–H groups in total. The zero-order valence-electron chi connectivity index (χ0n) is 7.18. The minimum atomic E-state index is -2.95. The fourth-order valence-corrected chi connectivity index (χ4v) is 1.58. The number of carboxylic acid groups (broad SMARTS) is 1. The van der Waals surface area contributed by atoms with Crippen molar-refractivity contribution < 1.29 is 23.1 Å². The van der Waals surface area contributed by atoms with Crippen molar-refractivity contribution in [2.24, 2.45) is 0 Å². The van der Waals surface area contributed by atoms with Crippen LogP contribution in [0, 0.1) is 9.52 Å². The highest BCUT2D eigenvalue weighted by molar-refractivity contribution is 14.1. The second-order valence-corrected chi connectivity index (χ2v) is 3.83. The number of alkyl halides is 2. The third kappa shape index (κ3) is 3.05. The van der Waals surface area contributed by atoms with Gasteiger partial charge >= 0.3 is 5.97 Å². The highest BCUT2D eigenvalue weighted by Gasteiger charge is 2.18. The Morgan fingerprint density at radius 1 is 1.60 bits per heavy atom. The summed E-state index contributed by atoms with van der Waals surface area (Å²) < 4.78 is 37.6. The Morgan fingerprint density at radius 3 is 2.67 bits per heavy atom. The minimum Gasteiger partial charge on any atom is -0.481 e. The zero-order valence-corrected chi connectivity index (χ0v) is 9.33. The molecule has 0 bridgehead atoms. The second-order valence-electron chi connectivity index (χ2n) is 2.67. The average Bonchev–Trinajstić information content (AvgIpc) is 2.09. The molecule has 0 atom stereocenters. The van der Waals surface area contributed by atoms with Crippen molar-refractivity contribution in [3.63, 3.8) is 0 Å². The lowest BCUT2D eigenvalue weighted by atomic mass is 10.2. The van der Waals surface area contributed by atoms with Crippen molar-refractivity contribution >= 4 is 28.6 Å². The Balaban J connectivity index is 3.13. The predicted molar refractivity (Wildman–Crippen MR) is 53.2 cm³/mol. The quantitative estimate of drug-likeness (QED) is 0.684. The molecule has 0 aliphatic heterocycles. The van der Waals surface area contributed by atoms with Gasteiger partial charge in [-0.05, 0) is 28.7 Å². The summed E-state index contributed by atoms with van der Waals surface area (Å²) in [7, 11) is 0. The molecule has 7 heteroatoms. The van der Waals surface area contributed by atoms with E-state index in [1.165, 1.54) is 0 Å². The fourth-order valence-electron chi connectivity index (χ4n) is 0.936. The minimum absolute atomic E-state index is 0.0509. The molecule has 0 aromatic carbocycles. The largest absolute Gasteiger partial charge is 0.481 e. The van der Waals surface area contributed by atoms with E-state index < -0.39 is 30.3 Å². The van der Waals surface area contributed by atoms with Gasteiger partial charge in [-0.2, -0.15) is 4.39 Å². The average molecular weight is 331 g/mol. The van der Waals surface area contributed by atoms with Crippen LogP contribution in [0.2, 0.25) is 0 Å². The van der Waals surface area contributed by atoms with Gasteiger partial charge in [-0.1, -0.05) is 0 Å². The first-order chi connectivity index (χ1) is 6.91. The first-order valence-corrected chi connectivity index (χ1v) is 4.84. The molecule has 1 rings (SSSR count). The van der Waals surface area contributed by atoms with Crippen LogP contribution in [0.1, 0.15) is 17.7 Å². The summed E-state index contributed by atoms with van der Waals surface area (Å²) in [4.78, 5) is 13.5. The predicted octanol–water partition coefficient (Wildman–Crippen LogP) is 2.39. The zero-order chi connectivity index (χ0) is 11.6. The Hall–Kier alpha value is -0.860. The van der Waals surface area contributed by atoms with Crippen LogP contribution in [0.15, 0.2) is 6.07 Å². The van der Waals surface area contributed by atoms with Gasteiger partial charge in [0, 0.05) is 3.57 Å². The summed E-state index contributed by atoms with van der Waals surface area (Å²) in [6.45, 7) is 0. The lowest BCUT2D eigenvalue weighted by molar-refractivity contribution is -0.136. The number of hydrogen-bond donors (Lipinski definition) is 1. The van der Waals surface area contributed by atoms with E-state index in [0.29, 0.717) is 0 Å². The molecule has 1 aromatic rings. The van der Waals surface area contributed by atoms with E-state index in [4.69, 9.17) is 5.11 Å². The van der Waals surface area contributed by atoms with Crippen molar-refractivity contribution in [1.82, 2.24) is 4.98 Å². The fraction of sp³-hybridized carbons (Fsp3) is 0.250. The molecule has 0 saturated heterocycles. The molecule has 0 saturated carbocycles. The van der Waals surface area contributed by atoms with Crippen LogP contribution in [0.4, 0.5) is 13.2 Å². The van der Waals surface area contributed by atoms with Crippen LogP contribution < -0.4 is 0 Å². The van der Waals surface area contributed by atoms with E-state index in [1.807, 2.05) is 0 Å². The Bertz CT molecular complexity index is 398. The monoisotopic (exact) mass is 331 g/mol. The summed E-state index contributed by atoms with van der Waals surface area (Å²) >= 11 is 1.64. The highest BCUT2D eigenvalue weighted by Crippen LogP contribution is 2.24. The Morgan fingerprint density at radius 2 is 2.20 bits per heavy atom. The Labute approximate surface area is 96.5 Å².